The van der Waals surface area contributed by atoms with Crippen LogP contribution in [0.5, 0.6) is 0 Å². The van der Waals surface area contributed by atoms with Gasteiger partial charge in [-0.3, -0.25) is 4.79 Å². The van der Waals surface area contributed by atoms with Crippen LogP contribution in [0, 0.1) is 10.8 Å². The standard InChI is InChI=1S/C26H31NO/c1-25(2,3)21-16-18(17-22(24(21)28)26(4,5)6)12-13-19-14-15-27(7)23-11-9-8-10-20(19)23/h8-17H,1-7H3/b19-13+. The third kappa shape index (κ3) is 3.96. The van der Waals surface area contributed by atoms with Crippen molar-refractivity contribution >= 4 is 17.0 Å². The lowest BCUT2D eigenvalue weighted by Gasteiger charge is -2.31. The predicted molar refractivity (Wildman–Crippen MR) is 120 cm³/mol. The number of allylic oxidation sites excluding steroid dienone is 9. The summed E-state index contributed by atoms with van der Waals surface area (Å²) >= 11 is 0. The Bertz CT molecular complexity index is 917. The van der Waals surface area contributed by atoms with E-state index in [-0.39, 0.29) is 16.6 Å². The highest BCUT2D eigenvalue weighted by atomic mass is 16.1. The van der Waals surface area contributed by atoms with Gasteiger partial charge in [0, 0.05) is 35.6 Å². The van der Waals surface area contributed by atoms with Crippen LogP contribution in [0.2, 0.25) is 0 Å². The maximum Gasteiger partial charge on any atom is 0.186 e. The van der Waals surface area contributed by atoms with Gasteiger partial charge in [0.2, 0.25) is 0 Å². The molecular weight excluding hydrogens is 342 g/mol. The van der Waals surface area contributed by atoms with Crippen molar-refractivity contribution in [2.75, 3.05) is 11.9 Å². The molecule has 1 heterocycles. The number of ketones is 1. The minimum absolute atomic E-state index is 0.175. The lowest BCUT2D eigenvalue weighted by Crippen LogP contribution is -2.27. The zero-order valence-corrected chi connectivity index (χ0v) is 18.1. The molecule has 1 aliphatic carbocycles. The summed E-state index contributed by atoms with van der Waals surface area (Å²) in [6.45, 7) is 12.6. The monoisotopic (exact) mass is 373 g/mol. The van der Waals surface area contributed by atoms with E-state index in [0.29, 0.717) is 0 Å². The summed E-state index contributed by atoms with van der Waals surface area (Å²) in [6.07, 6.45) is 12.6. The largest absolute Gasteiger partial charge is 0.351 e. The van der Waals surface area contributed by atoms with Crippen molar-refractivity contribution in [3.05, 3.63) is 83.1 Å². The Balaban J connectivity index is 2.08. The van der Waals surface area contributed by atoms with Gasteiger partial charge >= 0.3 is 0 Å². The van der Waals surface area contributed by atoms with E-state index >= 15 is 0 Å². The number of anilines is 1. The molecule has 0 radical (unpaired) electrons. The molecule has 0 fully saturated rings. The highest BCUT2D eigenvalue weighted by Gasteiger charge is 2.33. The highest BCUT2D eigenvalue weighted by Crippen LogP contribution is 2.39. The van der Waals surface area contributed by atoms with E-state index in [1.165, 1.54) is 16.8 Å². The maximum atomic E-state index is 13.1. The van der Waals surface area contributed by atoms with Gasteiger partial charge < -0.3 is 4.90 Å². The summed E-state index contributed by atoms with van der Waals surface area (Å²) in [6, 6.07) is 8.42. The predicted octanol–water partition coefficient (Wildman–Crippen LogP) is 6.49. The first-order valence-corrected chi connectivity index (χ1v) is 9.90. The quantitative estimate of drug-likeness (QED) is 0.561. The van der Waals surface area contributed by atoms with Crippen LogP contribution in [0.15, 0.2) is 77.6 Å². The van der Waals surface area contributed by atoms with Crippen molar-refractivity contribution in [2.45, 2.75) is 41.5 Å². The van der Waals surface area contributed by atoms with Gasteiger partial charge in [0.05, 0.1) is 0 Å². The maximum absolute atomic E-state index is 13.1. The topological polar surface area (TPSA) is 20.3 Å². The molecule has 2 nitrogen and oxygen atoms in total. The lowest BCUT2D eigenvalue weighted by atomic mass is 9.72. The smallest absolute Gasteiger partial charge is 0.186 e. The average Bonchev–Trinajstić information content (AvgIpc) is 2.60. The Labute approximate surface area is 169 Å². The molecule has 0 atom stereocenters. The van der Waals surface area contributed by atoms with Gasteiger partial charge in [-0.1, -0.05) is 71.9 Å². The van der Waals surface area contributed by atoms with Crippen molar-refractivity contribution in [2.24, 2.45) is 10.8 Å². The van der Waals surface area contributed by atoms with Gasteiger partial charge in [0.1, 0.15) is 0 Å². The molecule has 0 N–H and O–H groups in total. The molecule has 1 aliphatic heterocycles. The van der Waals surface area contributed by atoms with Crippen molar-refractivity contribution in [1.82, 2.24) is 0 Å². The van der Waals surface area contributed by atoms with Gasteiger partial charge in [0.25, 0.3) is 0 Å². The lowest BCUT2D eigenvalue weighted by molar-refractivity contribution is -0.114. The summed E-state index contributed by atoms with van der Waals surface area (Å²) < 4.78 is 0. The zero-order valence-electron chi connectivity index (χ0n) is 18.1. The fraction of sp³-hybridized carbons (Fsp3) is 0.346. The summed E-state index contributed by atoms with van der Waals surface area (Å²) in [5.41, 5.74) is 6.05. The van der Waals surface area contributed by atoms with Crippen LogP contribution >= 0.6 is 0 Å². The van der Waals surface area contributed by atoms with Crippen molar-refractivity contribution in [1.29, 1.82) is 0 Å². The number of Topliss-reactive ketones (excluding diaryl/α,β-unsaturated/α-hetero) is 1. The van der Waals surface area contributed by atoms with Crippen molar-refractivity contribution < 1.29 is 4.79 Å². The van der Waals surface area contributed by atoms with E-state index in [0.717, 1.165) is 16.7 Å². The second-order valence-electron chi connectivity index (χ2n) is 9.68. The molecule has 0 spiro atoms. The molecule has 0 saturated carbocycles. The number of fused-ring (bicyclic) bond motifs is 1. The molecule has 0 amide bonds. The molecular formula is C26H31NO. The summed E-state index contributed by atoms with van der Waals surface area (Å²) in [5.74, 6) is 0.175. The first-order chi connectivity index (χ1) is 13.0. The van der Waals surface area contributed by atoms with Crippen molar-refractivity contribution in [3.63, 3.8) is 0 Å². The molecule has 2 aliphatic rings. The summed E-state index contributed by atoms with van der Waals surface area (Å²) in [4.78, 5) is 15.2. The Morgan fingerprint density at radius 3 is 2.00 bits per heavy atom. The molecule has 0 unspecified atom stereocenters. The van der Waals surface area contributed by atoms with Crippen LogP contribution in [0.1, 0.15) is 47.1 Å². The SMILES string of the molecule is CN1C=C/C(=C\C=C2C=C(C(C)(C)C)C(=O)C(C(C)(C)C)=C2)c2ccccc21. The second kappa shape index (κ2) is 7.09. The van der Waals surface area contributed by atoms with Crippen molar-refractivity contribution in [3.8, 4) is 0 Å². The Morgan fingerprint density at radius 1 is 0.857 bits per heavy atom. The molecule has 28 heavy (non-hydrogen) atoms. The number of hydrogen-bond acceptors (Lipinski definition) is 2. The van der Waals surface area contributed by atoms with Gasteiger partial charge in [-0.25, -0.2) is 0 Å². The molecule has 146 valence electrons. The number of rotatable bonds is 1. The van der Waals surface area contributed by atoms with E-state index in [1.807, 2.05) is 0 Å². The number of nitrogens with zero attached hydrogens (tertiary/aromatic N) is 1. The van der Waals surface area contributed by atoms with E-state index in [9.17, 15) is 4.79 Å². The highest BCUT2D eigenvalue weighted by molar-refractivity contribution is 6.11. The molecule has 0 bridgehead atoms. The van der Waals surface area contributed by atoms with E-state index in [2.05, 4.69) is 114 Å². The molecule has 1 aromatic rings. The molecule has 0 aromatic heterocycles. The number of carbonyl (C=O) groups is 1. The zero-order chi connectivity index (χ0) is 20.7. The second-order valence-corrected chi connectivity index (χ2v) is 9.68. The van der Waals surface area contributed by atoms with Gasteiger partial charge in [-0.15, -0.1) is 0 Å². The van der Waals surface area contributed by atoms with Gasteiger partial charge in [-0.2, -0.15) is 0 Å². The third-order valence-corrected chi connectivity index (χ3v) is 5.26. The molecule has 3 rings (SSSR count). The fourth-order valence-corrected chi connectivity index (χ4v) is 3.58. The fourth-order valence-electron chi connectivity index (χ4n) is 3.58. The number of para-hydroxylation sites is 1. The first kappa shape index (κ1) is 20.1. The molecule has 0 saturated heterocycles. The Morgan fingerprint density at radius 2 is 1.43 bits per heavy atom. The Kier molecular flexibility index (Phi) is 5.10. The van der Waals surface area contributed by atoms with Crippen LogP contribution in [-0.2, 0) is 4.79 Å². The van der Waals surface area contributed by atoms with Crippen LogP contribution in [0.25, 0.3) is 5.57 Å². The van der Waals surface area contributed by atoms with Crippen LogP contribution in [-0.4, -0.2) is 12.8 Å². The Hall–Kier alpha value is -2.61. The minimum atomic E-state index is -0.186. The summed E-state index contributed by atoms with van der Waals surface area (Å²) in [7, 11) is 2.06. The third-order valence-electron chi connectivity index (χ3n) is 5.26. The van der Waals surface area contributed by atoms with Crippen LogP contribution in [0.4, 0.5) is 5.69 Å². The van der Waals surface area contributed by atoms with Crippen LogP contribution in [0.3, 0.4) is 0 Å². The summed E-state index contributed by atoms with van der Waals surface area (Å²) in [5, 5.41) is 0. The molecule has 1 aromatic carbocycles. The van der Waals surface area contributed by atoms with E-state index in [1.54, 1.807) is 0 Å². The molecule has 2 heteroatoms. The normalized spacial score (nSPS) is 18.8. The van der Waals surface area contributed by atoms with Gasteiger partial charge in [-0.05, 0) is 46.3 Å². The van der Waals surface area contributed by atoms with Crippen LogP contribution < -0.4 is 4.90 Å². The number of benzene rings is 1. The van der Waals surface area contributed by atoms with E-state index in [4.69, 9.17) is 0 Å². The van der Waals surface area contributed by atoms with Gasteiger partial charge in [0.15, 0.2) is 5.78 Å². The first-order valence-electron chi connectivity index (χ1n) is 9.90. The number of carbonyl (C=O) groups excluding carboxylic acids is 1. The number of hydrogen-bond donors (Lipinski definition) is 0. The van der Waals surface area contributed by atoms with E-state index < -0.39 is 0 Å². The minimum Gasteiger partial charge on any atom is -0.351 e. The average molecular weight is 374 g/mol.